The molecule has 0 amide bonds. The Morgan fingerprint density at radius 3 is 2.69 bits per heavy atom. The number of ether oxygens (including phenoxy) is 1. The zero-order valence-electron chi connectivity index (χ0n) is 9.29. The van der Waals surface area contributed by atoms with Crippen LogP contribution in [0.1, 0.15) is 31.2 Å². The third kappa shape index (κ3) is 3.13. The van der Waals surface area contributed by atoms with Crippen LogP contribution in [-0.4, -0.2) is 11.7 Å². The van der Waals surface area contributed by atoms with E-state index in [0.717, 1.165) is 17.9 Å². The van der Waals surface area contributed by atoms with E-state index in [-0.39, 0.29) is 6.61 Å². The minimum Gasteiger partial charge on any atom is -0.493 e. The maximum atomic E-state index is 9.05. The zero-order chi connectivity index (χ0) is 11.4. The Balaban J connectivity index is 1.94. The van der Waals surface area contributed by atoms with Crippen molar-refractivity contribution in [1.82, 2.24) is 0 Å². The molecule has 88 valence electrons. The van der Waals surface area contributed by atoms with Crippen LogP contribution in [0.5, 0.6) is 5.75 Å². The monoisotopic (exact) mass is 240 g/mol. The van der Waals surface area contributed by atoms with Gasteiger partial charge in [0, 0.05) is 5.02 Å². The molecular formula is C13H17ClO2. The summed E-state index contributed by atoms with van der Waals surface area (Å²) in [5, 5.41) is 9.67. The molecule has 0 saturated heterocycles. The topological polar surface area (TPSA) is 29.5 Å². The highest BCUT2D eigenvalue weighted by atomic mass is 35.5. The van der Waals surface area contributed by atoms with E-state index in [0.29, 0.717) is 10.9 Å². The fourth-order valence-electron chi connectivity index (χ4n) is 2.19. The van der Waals surface area contributed by atoms with Crippen molar-refractivity contribution in [2.24, 2.45) is 5.92 Å². The molecule has 0 aromatic heterocycles. The summed E-state index contributed by atoms with van der Waals surface area (Å²) in [7, 11) is 0. The lowest BCUT2D eigenvalue weighted by atomic mass is 10.1. The van der Waals surface area contributed by atoms with E-state index < -0.39 is 0 Å². The predicted octanol–water partition coefficient (Wildman–Crippen LogP) is 3.40. The molecule has 2 nitrogen and oxygen atoms in total. The first kappa shape index (κ1) is 11.7. The van der Waals surface area contributed by atoms with Crippen LogP contribution in [0.2, 0.25) is 5.02 Å². The fourth-order valence-corrected chi connectivity index (χ4v) is 2.43. The second-order valence-electron chi connectivity index (χ2n) is 4.41. The van der Waals surface area contributed by atoms with Gasteiger partial charge in [0.25, 0.3) is 0 Å². The Hall–Kier alpha value is -0.730. The van der Waals surface area contributed by atoms with E-state index in [4.69, 9.17) is 21.4 Å². The quantitative estimate of drug-likeness (QED) is 0.874. The van der Waals surface area contributed by atoms with Gasteiger partial charge in [-0.1, -0.05) is 24.4 Å². The van der Waals surface area contributed by atoms with E-state index in [1.165, 1.54) is 25.7 Å². The molecule has 3 heteroatoms. The number of benzene rings is 1. The second kappa shape index (κ2) is 5.55. The number of aliphatic hydroxyl groups is 1. The van der Waals surface area contributed by atoms with E-state index in [9.17, 15) is 0 Å². The molecule has 1 fully saturated rings. The summed E-state index contributed by atoms with van der Waals surface area (Å²) in [6, 6.07) is 5.40. The Labute approximate surface area is 101 Å². The summed E-state index contributed by atoms with van der Waals surface area (Å²) in [4.78, 5) is 0. The van der Waals surface area contributed by atoms with Gasteiger partial charge >= 0.3 is 0 Å². The molecule has 1 aliphatic rings. The average molecular weight is 241 g/mol. The lowest BCUT2D eigenvalue weighted by Crippen LogP contribution is -2.08. The van der Waals surface area contributed by atoms with Gasteiger partial charge < -0.3 is 9.84 Å². The summed E-state index contributed by atoms with van der Waals surface area (Å²) in [5.74, 6) is 1.46. The Kier molecular flexibility index (Phi) is 4.08. The van der Waals surface area contributed by atoms with E-state index >= 15 is 0 Å². The third-order valence-corrected chi connectivity index (χ3v) is 3.29. The molecule has 1 aromatic rings. The van der Waals surface area contributed by atoms with Crippen molar-refractivity contribution < 1.29 is 9.84 Å². The summed E-state index contributed by atoms with van der Waals surface area (Å²) in [5.41, 5.74) is 0.800. The first-order chi connectivity index (χ1) is 7.78. The number of rotatable bonds is 4. The van der Waals surface area contributed by atoms with Crippen LogP contribution < -0.4 is 4.74 Å². The number of aliphatic hydroxyl groups excluding tert-OH is 1. The van der Waals surface area contributed by atoms with Crippen molar-refractivity contribution in [3.8, 4) is 5.75 Å². The van der Waals surface area contributed by atoms with Crippen LogP contribution in [0.4, 0.5) is 0 Å². The van der Waals surface area contributed by atoms with Crippen LogP contribution in [-0.2, 0) is 6.61 Å². The van der Waals surface area contributed by atoms with Crippen LogP contribution in [0.3, 0.4) is 0 Å². The smallest absolute Gasteiger partial charge is 0.121 e. The minimum atomic E-state index is 0.000346. The average Bonchev–Trinajstić information content (AvgIpc) is 2.78. The van der Waals surface area contributed by atoms with Crippen LogP contribution >= 0.6 is 11.6 Å². The van der Waals surface area contributed by atoms with Crippen molar-refractivity contribution in [2.45, 2.75) is 32.3 Å². The van der Waals surface area contributed by atoms with Gasteiger partial charge in [-0.05, 0) is 42.5 Å². The maximum absolute atomic E-state index is 9.05. The molecule has 0 spiro atoms. The first-order valence-electron chi connectivity index (χ1n) is 5.81. The molecule has 1 aromatic carbocycles. The summed E-state index contributed by atoms with van der Waals surface area (Å²) in [6.07, 6.45) is 5.19. The molecule has 2 rings (SSSR count). The number of halogens is 1. The predicted molar refractivity (Wildman–Crippen MR) is 64.8 cm³/mol. The van der Waals surface area contributed by atoms with Crippen molar-refractivity contribution in [3.05, 3.63) is 28.8 Å². The largest absolute Gasteiger partial charge is 0.493 e. The van der Waals surface area contributed by atoms with Crippen LogP contribution in [0.15, 0.2) is 18.2 Å². The Bertz CT molecular complexity index is 346. The molecule has 0 bridgehead atoms. The van der Waals surface area contributed by atoms with Gasteiger partial charge in [-0.25, -0.2) is 0 Å². The molecule has 1 aliphatic carbocycles. The second-order valence-corrected chi connectivity index (χ2v) is 4.85. The highest BCUT2D eigenvalue weighted by molar-refractivity contribution is 6.30. The molecule has 0 heterocycles. The van der Waals surface area contributed by atoms with E-state index in [1.54, 1.807) is 12.1 Å². The molecule has 1 N–H and O–H groups in total. The van der Waals surface area contributed by atoms with Gasteiger partial charge in [0.05, 0.1) is 13.2 Å². The van der Waals surface area contributed by atoms with Gasteiger partial charge in [0.1, 0.15) is 5.75 Å². The maximum Gasteiger partial charge on any atom is 0.121 e. The number of hydrogen-bond donors (Lipinski definition) is 1. The summed E-state index contributed by atoms with van der Waals surface area (Å²) >= 11 is 5.93. The highest BCUT2D eigenvalue weighted by Crippen LogP contribution is 2.27. The Morgan fingerprint density at radius 2 is 2.00 bits per heavy atom. The standard InChI is InChI=1S/C13H17ClO2/c14-12-5-11(8-15)6-13(7-12)16-9-10-3-1-2-4-10/h5-7,10,15H,1-4,8-9H2. The molecule has 1 saturated carbocycles. The van der Waals surface area contributed by atoms with Crippen LogP contribution in [0, 0.1) is 5.92 Å². The molecule has 0 aliphatic heterocycles. The van der Waals surface area contributed by atoms with Crippen LogP contribution in [0.25, 0.3) is 0 Å². The van der Waals surface area contributed by atoms with Crippen molar-refractivity contribution in [3.63, 3.8) is 0 Å². The van der Waals surface area contributed by atoms with Crippen molar-refractivity contribution in [2.75, 3.05) is 6.61 Å². The summed E-state index contributed by atoms with van der Waals surface area (Å²) < 4.78 is 5.72. The lowest BCUT2D eigenvalue weighted by Gasteiger charge is -2.12. The van der Waals surface area contributed by atoms with E-state index in [1.807, 2.05) is 6.07 Å². The van der Waals surface area contributed by atoms with Gasteiger partial charge in [0.15, 0.2) is 0 Å². The normalized spacial score (nSPS) is 16.6. The minimum absolute atomic E-state index is 0.000346. The first-order valence-corrected chi connectivity index (χ1v) is 6.19. The van der Waals surface area contributed by atoms with Gasteiger partial charge in [0.2, 0.25) is 0 Å². The molecule has 0 unspecified atom stereocenters. The molecule has 0 atom stereocenters. The van der Waals surface area contributed by atoms with Gasteiger partial charge in [-0.3, -0.25) is 0 Å². The molecule has 0 radical (unpaired) electrons. The SMILES string of the molecule is OCc1cc(Cl)cc(OCC2CCCC2)c1. The Morgan fingerprint density at radius 1 is 1.25 bits per heavy atom. The zero-order valence-corrected chi connectivity index (χ0v) is 10.0. The summed E-state index contributed by atoms with van der Waals surface area (Å²) in [6.45, 7) is 0.769. The van der Waals surface area contributed by atoms with Gasteiger partial charge in [-0.15, -0.1) is 0 Å². The third-order valence-electron chi connectivity index (χ3n) is 3.07. The van der Waals surface area contributed by atoms with Crippen molar-refractivity contribution in [1.29, 1.82) is 0 Å². The lowest BCUT2D eigenvalue weighted by molar-refractivity contribution is 0.249. The van der Waals surface area contributed by atoms with Crippen molar-refractivity contribution >= 4 is 11.6 Å². The number of hydrogen-bond acceptors (Lipinski definition) is 2. The molecule has 16 heavy (non-hydrogen) atoms. The fraction of sp³-hybridized carbons (Fsp3) is 0.538. The van der Waals surface area contributed by atoms with E-state index in [2.05, 4.69) is 0 Å². The van der Waals surface area contributed by atoms with Gasteiger partial charge in [-0.2, -0.15) is 0 Å². The highest BCUT2D eigenvalue weighted by Gasteiger charge is 2.15. The molecular weight excluding hydrogens is 224 g/mol.